The molecule has 1 N–H and O–H groups in total. The number of nitrogens with zero attached hydrogens (tertiary/aromatic N) is 2. The van der Waals surface area contributed by atoms with Crippen LogP contribution in [0.25, 0.3) is 11.3 Å². The molecule has 6 heteroatoms. The SMILES string of the molecule is Clc1ccc(-c2c3c(nn2Cc2ccc4c(c2)OCO4)CCNCC3)cc1. The van der Waals surface area contributed by atoms with Crippen molar-refractivity contribution in [3.8, 4) is 22.8 Å². The smallest absolute Gasteiger partial charge is 0.231 e. The summed E-state index contributed by atoms with van der Waals surface area (Å²) >= 11 is 6.11. The van der Waals surface area contributed by atoms with Crippen LogP contribution in [-0.4, -0.2) is 29.7 Å². The third kappa shape index (κ3) is 3.17. The van der Waals surface area contributed by atoms with E-state index < -0.39 is 0 Å². The van der Waals surface area contributed by atoms with Crippen LogP contribution in [0.15, 0.2) is 42.5 Å². The van der Waals surface area contributed by atoms with Crippen LogP contribution in [-0.2, 0) is 19.4 Å². The van der Waals surface area contributed by atoms with Crippen LogP contribution >= 0.6 is 11.6 Å². The number of halogens is 1. The van der Waals surface area contributed by atoms with Crippen molar-refractivity contribution < 1.29 is 9.47 Å². The Hall–Kier alpha value is -2.50. The van der Waals surface area contributed by atoms with Gasteiger partial charge in [-0.2, -0.15) is 5.10 Å². The van der Waals surface area contributed by atoms with Gasteiger partial charge in [0.1, 0.15) is 0 Å². The standard InChI is InChI=1S/C21H20ClN3O2/c22-16-4-2-15(3-5-16)21-17-7-9-23-10-8-18(17)24-25(21)12-14-1-6-19-20(11-14)27-13-26-19/h1-6,11,23H,7-10,12-13H2. The Morgan fingerprint density at radius 3 is 2.70 bits per heavy atom. The highest BCUT2D eigenvalue weighted by Crippen LogP contribution is 2.34. The van der Waals surface area contributed by atoms with Gasteiger partial charge in [0.15, 0.2) is 11.5 Å². The molecule has 2 aromatic carbocycles. The fraction of sp³-hybridized carbons (Fsp3) is 0.286. The Morgan fingerprint density at radius 2 is 1.81 bits per heavy atom. The van der Waals surface area contributed by atoms with Gasteiger partial charge < -0.3 is 14.8 Å². The summed E-state index contributed by atoms with van der Waals surface area (Å²) in [7, 11) is 0. The molecule has 1 aromatic heterocycles. The molecule has 2 aliphatic rings. The molecule has 0 saturated heterocycles. The molecule has 0 amide bonds. The lowest BCUT2D eigenvalue weighted by molar-refractivity contribution is 0.174. The normalized spacial score (nSPS) is 15.4. The average molecular weight is 382 g/mol. The molecule has 5 rings (SSSR count). The first-order valence-electron chi connectivity index (χ1n) is 9.22. The van der Waals surface area contributed by atoms with Crippen LogP contribution in [0.3, 0.4) is 0 Å². The maximum Gasteiger partial charge on any atom is 0.231 e. The van der Waals surface area contributed by atoms with Gasteiger partial charge in [-0.05, 0) is 42.8 Å². The van der Waals surface area contributed by atoms with Gasteiger partial charge in [-0.25, -0.2) is 0 Å². The van der Waals surface area contributed by atoms with Crippen LogP contribution in [0.4, 0.5) is 0 Å². The van der Waals surface area contributed by atoms with Gasteiger partial charge in [-0.3, -0.25) is 4.68 Å². The molecule has 0 radical (unpaired) electrons. The quantitative estimate of drug-likeness (QED) is 0.752. The summed E-state index contributed by atoms with van der Waals surface area (Å²) < 4.78 is 13.1. The van der Waals surface area contributed by atoms with Gasteiger partial charge in [0, 0.05) is 29.1 Å². The number of benzene rings is 2. The zero-order valence-electron chi connectivity index (χ0n) is 14.9. The van der Waals surface area contributed by atoms with E-state index in [0.29, 0.717) is 6.54 Å². The van der Waals surface area contributed by atoms with Gasteiger partial charge in [-0.15, -0.1) is 0 Å². The first-order valence-corrected chi connectivity index (χ1v) is 9.59. The van der Waals surface area contributed by atoms with Crippen molar-refractivity contribution in [2.24, 2.45) is 0 Å². The predicted molar refractivity (Wildman–Crippen MR) is 105 cm³/mol. The van der Waals surface area contributed by atoms with E-state index in [9.17, 15) is 0 Å². The molecule has 3 aromatic rings. The van der Waals surface area contributed by atoms with Crippen LogP contribution in [0, 0.1) is 0 Å². The molecule has 3 heterocycles. The van der Waals surface area contributed by atoms with Crippen LogP contribution in [0.2, 0.25) is 5.02 Å². The van der Waals surface area contributed by atoms with Crippen molar-refractivity contribution in [1.82, 2.24) is 15.1 Å². The molecule has 0 unspecified atom stereocenters. The molecule has 2 aliphatic heterocycles. The molecular formula is C21H20ClN3O2. The van der Waals surface area contributed by atoms with Crippen molar-refractivity contribution in [2.75, 3.05) is 19.9 Å². The number of nitrogens with one attached hydrogen (secondary N) is 1. The molecule has 0 aliphatic carbocycles. The minimum Gasteiger partial charge on any atom is -0.454 e. The van der Waals surface area contributed by atoms with Crippen molar-refractivity contribution in [1.29, 1.82) is 0 Å². The van der Waals surface area contributed by atoms with Gasteiger partial charge >= 0.3 is 0 Å². The summed E-state index contributed by atoms with van der Waals surface area (Å²) in [6.45, 7) is 2.92. The average Bonchev–Trinajstić information content (AvgIpc) is 3.20. The lowest BCUT2D eigenvalue weighted by Crippen LogP contribution is -2.17. The van der Waals surface area contributed by atoms with Crippen LogP contribution in [0.5, 0.6) is 11.5 Å². The number of hydrogen-bond donors (Lipinski definition) is 1. The largest absolute Gasteiger partial charge is 0.454 e. The van der Waals surface area contributed by atoms with E-state index >= 15 is 0 Å². The fourth-order valence-corrected chi connectivity index (χ4v) is 3.94. The van der Waals surface area contributed by atoms with Gasteiger partial charge in [0.25, 0.3) is 0 Å². The Kier molecular flexibility index (Phi) is 4.26. The van der Waals surface area contributed by atoms with Crippen molar-refractivity contribution in [3.63, 3.8) is 0 Å². The Balaban J connectivity index is 1.57. The highest BCUT2D eigenvalue weighted by atomic mass is 35.5. The number of hydrogen-bond acceptors (Lipinski definition) is 4. The lowest BCUT2D eigenvalue weighted by atomic mass is 10.0. The molecule has 0 atom stereocenters. The van der Waals surface area contributed by atoms with Crippen molar-refractivity contribution >= 4 is 11.6 Å². The molecule has 0 saturated carbocycles. The van der Waals surface area contributed by atoms with E-state index in [4.69, 9.17) is 26.2 Å². The fourth-order valence-electron chi connectivity index (χ4n) is 3.81. The zero-order chi connectivity index (χ0) is 18.2. The monoisotopic (exact) mass is 381 g/mol. The van der Waals surface area contributed by atoms with E-state index in [1.165, 1.54) is 17.0 Å². The minimum atomic E-state index is 0.290. The maximum atomic E-state index is 6.11. The second-order valence-electron chi connectivity index (χ2n) is 6.88. The second kappa shape index (κ2) is 6.91. The summed E-state index contributed by atoms with van der Waals surface area (Å²) in [5.74, 6) is 1.61. The number of fused-ring (bicyclic) bond motifs is 2. The summed E-state index contributed by atoms with van der Waals surface area (Å²) in [6.07, 6.45) is 1.93. The van der Waals surface area contributed by atoms with E-state index in [1.54, 1.807) is 0 Å². The summed E-state index contributed by atoms with van der Waals surface area (Å²) in [6, 6.07) is 14.1. The van der Waals surface area contributed by atoms with E-state index in [0.717, 1.165) is 53.6 Å². The third-order valence-electron chi connectivity index (χ3n) is 5.11. The first-order chi connectivity index (χ1) is 13.3. The molecule has 0 spiro atoms. The van der Waals surface area contributed by atoms with Crippen molar-refractivity contribution in [3.05, 3.63) is 64.3 Å². The lowest BCUT2D eigenvalue weighted by Gasteiger charge is -2.11. The zero-order valence-corrected chi connectivity index (χ0v) is 15.6. The van der Waals surface area contributed by atoms with E-state index in [1.807, 2.05) is 24.3 Å². The number of aromatic nitrogens is 2. The minimum absolute atomic E-state index is 0.290. The molecule has 138 valence electrons. The Labute approximate surface area is 162 Å². The van der Waals surface area contributed by atoms with Crippen LogP contribution in [0.1, 0.15) is 16.8 Å². The molecule has 0 fully saturated rings. The first kappa shape index (κ1) is 16.7. The summed E-state index contributed by atoms with van der Waals surface area (Å²) in [4.78, 5) is 0. The van der Waals surface area contributed by atoms with Gasteiger partial charge in [0.2, 0.25) is 6.79 Å². The maximum absolute atomic E-state index is 6.11. The molecule has 0 bridgehead atoms. The van der Waals surface area contributed by atoms with Gasteiger partial charge in [-0.1, -0.05) is 29.8 Å². The van der Waals surface area contributed by atoms with E-state index in [-0.39, 0.29) is 6.79 Å². The highest BCUT2D eigenvalue weighted by Gasteiger charge is 2.21. The number of rotatable bonds is 3. The molecule has 27 heavy (non-hydrogen) atoms. The number of ether oxygens (including phenoxy) is 2. The summed E-state index contributed by atoms with van der Waals surface area (Å²) in [5.41, 5.74) is 6.00. The molecule has 5 nitrogen and oxygen atoms in total. The topological polar surface area (TPSA) is 48.3 Å². The third-order valence-corrected chi connectivity index (χ3v) is 5.36. The highest BCUT2D eigenvalue weighted by molar-refractivity contribution is 6.30. The second-order valence-corrected chi connectivity index (χ2v) is 7.31. The predicted octanol–water partition coefficient (Wildman–Crippen LogP) is 3.67. The summed E-state index contributed by atoms with van der Waals surface area (Å²) in [5, 5.41) is 9.18. The van der Waals surface area contributed by atoms with E-state index in [2.05, 4.69) is 28.2 Å². The Morgan fingerprint density at radius 1 is 1.00 bits per heavy atom. The Bertz CT molecular complexity index is 982. The van der Waals surface area contributed by atoms with Gasteiger partial charge in [0.05, 0.1) is 17.9 Å². The molecular weight excluding hydrogens is 362 g/mol. The van der Waals surface area contributed by atoms with Crippen molar-refractivity contribution in [2.45, 2.75) is 19.4 Å². The van der Waals surface area contributed by atoms with Crippen LogP contribution < -0.4 is 14.8 Å².